The highest BCUT2D eigenvalue weighted by Gasteiger charge is 2.20. The lowest BCUT2D eigenvalue weighted by Gasteiger charge is -2.28. The summed E-state index contributed by atoms with van der Waals surface area (Å²) in [5, 5.41) is 0. The Kier molecular flexibility index (Phi) is 3.24. The molecule has 0 aromatic heterocycles. The molecule has 0 heterocycles. The standard InChI is InChI=1S/C9H19/c1-6-8(7-2)9(3,4)5/h8H,1,6-7H2,2-5H3. The third-order valence-corrected chi connectivity index (χ3v) is 2.07. The molecule has 0 nitrogen and oxygen atoms in total. The molecule has 1 radical (unpaired) electrons. The summed E-state index contributed by atoms with van der Waals surface area (Å²) < 4.78 is 0. The van der Waals surface area contributed by atoms with Crippen molar-refractivity contribution in [3.8, 4) is 0 Å². The minimum Gasteiger partial charge on any atom is -0.0651 e. The molecule has 0 amide bonds. The summed E-state index contributed by atoms with van der Waals surface area (Å²) in [6, 6.07) is 0. The summed E-state index contributed by atoms with van der Waals surface area (Å²) in [5.74, 6) is 0.789. The smallest absolute Gasteiger partial charge is 0.0354 e. The van der Waals surface area contributed by atoms with E-state index in [-0.39, 0.29) is 0 Å². The topological polar surface area (TPSA) is 0 Å². The van der Waals surface area contributed by atoms with E-state index in [2.05, 4.69) is 34.6 Å². The van der Waals surface area contributed by atoms with Crippen LogP contribution < -0.4 is 0 Å². The highest BCUT2D eigenvalue weighted by molar-refractivity contribution is 4.72. The zero-order valence-corrected chi connectivity index (χ0v) is 7.20. The van der Waals surface area contributed by atoms with Crippen molar-refractivity contribution in [1.82, 2.24) is 0 Å². The van der Waals surface area contributed by atoms with Crippen molar-refractivity contribution >= 4 is 0 Å². The van der Waals surface area contributed by atoms with Crippen molar-refractivity contribution in [2.24, 2.45) is 11.3 Å². The molecule has 9 heavy (non-hydrogen) atoms. The zero-order chi connectivity index (χ0) is 7.49. The van der Waals surface area contributed by atoms with Crippen molar-refractivity contribution in [2.45, 2.75) is 40.5 Å². The summed E-state index contributed by atoms with van der Waals surface area (Å²) in [5.41, 5.74) is 0.455. The van der Waals surface area contributed by atoms with Gasteiger partial charge in [-0.15, -0.1) is 0 Å². The van der Waals surface area contributed by atoms with E-state index in [0.29, 0.717) is 5.41 Å². The molecule has 0 saturated carbocycles. The van der Waals surface area contributed by atoms with Gasteiger partial charge < -0.3 is 0 Å². The lowest BCUT2D eigenvalue weighted by atomic mass is 9.78. The largest absolute Gasteiger partial charge is 0.0651 e. The van der Waals surface area contributed by atoms with Crippen LogP contribution in [-0.2, 0) is 0 Å². The van der Waals surface area contributed by atoms with Crippen LogP contribution in [0.25, 0.3) is 0 Å². The number of hydrogen-bond donors (Lipinski definition) is 0. The van der Waals surface area contributed by atoms with Crippen molar-refractivity contribution in [1.29, 1.82) is 0 Å². The molecule has 0 N–H and O–H groups in total. The normalized spacial score (nSPS) is 12.7. The van der Waals surface area contributed by atoms with Crippen LogP contribution in [0.4, 0.5) is 0 Å². The van der Waals surface area contributed by atoms with E-state index in [0.717, 1.165) is 12.3 Å². The van der Waals surface area contributed by atoms with E-state index < -0.39 is 0 Å². The Morgan fingerprint density at radius 3 is 1.78 bits per heavy atom. The summed E-state index contributed by atoms with van der Waals surface area (Å²) in [6.07, 6.45) is 2.33. The third-order valence-electron chi connectivity index (χ3n) is 2.07. The number of rotatable bonds is 2. The van der Waals surface area contributed by atoms with Crippen LogP contribution in [0.5, 0.6) is 0 Å². The van der Waals surface area contributed by atoms with Crippen LogP contribution in [0.1, 0.15) is 40.5 Å². The Hall–Kier alpha value is 0. The van der Waals surface area contributed by atoms with Crippen molar-refractivity contribution in [3.05, 3.63) is 6.92 Å². The van der Waals surface area contributed by atoms with Gasteiger partial charge in [0.25, 0.3) is 0 Å². The SMILES string of the molecule is [CH2]CC(CC)C(C)(C)C. The fourth-order valence-corrected chi connectivity index (χ4v) is 1.25. The Morgan fingerprint density at radius 2 is 1.78 bits per heavy atom. The van der Waals surface area contributed by atoms with Gasteiger partial charge in [-0.25, -0.2) is 0 Å². The quantitative estimate of drug-likeness (QED) is 0.534. The van der Waals surface area contributed by atoms with Crippen LogP contribution >= 0.6 is 0 Å². The number of hydrogen-bond acceptors (Lipinski definition) is 0. The van der Waals surface area contributed by atoms with Gasteiger partial charge in [0.05, 0.1) is 0 Å². The highest BCUT2D eigenvalue weighted by Crippen LogP contribution is 2.30. The zero-order valence-electron chi connectivity index (χ0n) is 7.20. The predicted octanol–water partition coefficient (Wildman–Crippen LogP) is 3.28. The summed E-state index contributed by atoms with van der Waals surface area (Å²) in [7, 11) is 0. The van der Waals surface area contributed by atoms with Gasteiger partial charge in [0.1, 0.15) is 0 Å². The van der Waals surface area contributed by atoms with E-state index in [1.165, 1.54) is 6.42 Å². The van der Waals surface area contributed by atoms with E-state index >= 15 is 0 Å². The Balaban J connectivity index is 3.79. The molecule has 0 fully saturated rings. The summed E-state index contributed by atoms with van der Waals surface area (Å²) in [4.78, 5) is 0. The fourth-order valence-electron chi connectivity index (χ4n) is 1.25. The minimum atomic E-state index is 0.455. The molecule has 0 saturated heterocycles. The molecule has 0 rings (SSSR count). The molecule has 0 aliphatic rings. The molecule has 0 heteroatoms. The van der Waals surface area contributed by atoms with Crippen LogP contribution in [0.2, 0.25) is 0 Å². The molecular formula is C9H19. The summed E-state index contributed by atoms with van der Waals surface area (Å²) in [6.45, 7) is 13.0. The maximum atomic E-state index is 3.92. The van der Waals surface area contributed by atoms with E-state index in [4.69, 9.17) is 0 Å². The van der Waals surface area contributed by atoms with E-state index in [1.807, 2.05) is 0 Å². The lowest BCUT2D eigenvalue weighted by molar-refractivity contribution is 0.234. The van der Waals surface area contributed by atoms with Gasteiger partial charge in [-0.1, -0.05) is 41.0 Å². The fraction of sp³-hybridized carbons (Fsp3) is 0.889. The Morgan fingerprint density at radius 1 is 1.33 bits per heavy atom. The first-order valence-corrected chi connectivity index (χ1v) is 3.81. The molecule has 0 bridgehead atoms. The average Bonchev–Trinajstić information content (AvgIpc) is 1.65. The van der Waals surface area contributed by atoms with Crippen LogP contribution in [0, 0.1) is 18.3 Å². The molecule has 0 aromatic rings. The second-order valence-corrected chi connectivity index (χ2v) is 3.76. The van der Waals surface area contributed by atoms with Gasteiger partial charge in [0.2, 0.25) is 0 Å². The lowest BCUT2D eigenvalue weighted by Crippen LogP contribution is -2.18. The minimum absolute atomic E-state index is 0.455. The second kappa shape index (κ2) is 3.24. The summed E-state index contributed by atoms with van der Waals surface area (Å²) >= 11 is 0. The molecule has 0 aromatic carbocycles. The first kappa shape index (κ1) is 9.00. The highest BCUT2D eigenvalue weighted by atomic mass is 14.3. The van der Waals surface area contributed by atoms with Crippen LogP contribution in [-0.4, -0.2) is 0 Å². The first-order chi connectivity index (χ1) is 4.02. The van der Waals surface area contributed by atoms with Crippen LogP contribution in [0.3, 0.4) is 0 Å². The maximum absolute atomic E-state index is 3.92. The van der Waals surface area contributed by atoms with Gasteiger partial charge in [0.15, 0.2) is 0 Å². The molecule has 1 atom stereocenters. The predicted molar refractivity (Wildman–Crippen MR) is 43.2 cm³/mol. The van der Waals surface area contributed by atoms with E-state index in [1.54, 1.807) is 0 Å². The average molecular weight is 127 g/mol. The van der Waals surface area contributed by atoms with Crippen molar-refractivity contribution in [2.75, 3.05) is 0 Å². The molecule has 0 aliphatic heterocycles. The molecule has 0 spiro atoms. The van der Waals surface area contributed by atoms with Crippen LogP contribution in [0.15, 0.2) is 0 Å². The monoisotopic (exact) mass is 127 g/mol. The van der Waals surface area contributed by atoms with Gasteiger partial charge in [-0.2, -0.15) is 0 Å². The third kappa shape index (κ3) is 2.88. The van der Waals surface area contributed by atoms with Gasteiger partial charge in [0, 0.05) is 0 Å². The molecule has 1 unspecified atom stereocenters. The Labute approximate surface area is 59.7 Å². The van der Waals surface area contributed by atoms with Gasteiger partial charge >= 0.3 is 0 Å². The van der Waals surface area contributed by atoms with Crippen molar-refractivity contribution in [3.63, 3.8) is 0 Å². The van der Waals surface area contributed by atoms with Gasteiger partial charge in [-0.3, -0.25) is 0 Å². The van der Waals surface area contributed by atoms with Crippen molar-refractivity contribution < 1.29 is 0 Å². The molecular weight excluding hydrogens is 108 g/mol. The molecule has 55 valence electrons. The Bertz CT molecular complexity index is 62.6. The first-order valence-electron chi connectivity index (χ1n) is 3.81. The van der Waals surface area contributed by atoms with Gasteiger partial charge in [-0.05, 0) is 17.8 Å². The van der Waals surface area contributed by atoms with E-state index in [9.17, 15) is 0 Å². The second-order valence-electron chi connectivity index (χ2n) is 3.76. The maximum Gasteiger partial charge on any atom is -0.0354 e. The molecule has 0 aliphatic carbocycles.